The van der Waals surface area contributed by atoms with Crippen LogP contribution in [-0.4, -0.2) is 39.2 Å². The fraction of sp³-hybridized carbons (Fsp3) is 0.333. The predicted molar refractivity (Wildman–Crippen MR) is 69.8 cm³/mol. The molecule has 1 rings (SSSR count). The highest BCUT2D eigenvalue weighted by Crippen LogP contribution is 2.18. The number of carboxylic acids is 2. The highest BCUT2D eigenvalue weighted by Gasteiger charge is 2.18. The molecule has 0 unspecified atom stereocenters. The molecule has 0 fully saturated rings. The summed E-state index contributed by atoms with van der Waals surface area (Å²) in [6.07, 6.45) is 3.28. The van der Waals surface area contributed by atoms with Crippen molar-refractivity contribution in [3.05, 3.63) is 34.4 Å². The normalized spacial score (nSPS) is 9.67. The number of hydrogen-bond acceptors (Lipinski definition) is 3. The second-order valence-electron chi connectivity index (χ2n) is 3.78. The summed E-state index contributed by atoms with van der Waals surface area (Å²) in [5.41, 5.74) is 0.975. The van der Waals surface area contributed by atoms with Gasteiger partial charge in [-0.2, -0.15) is 0 Å². The number of benzene rings is 1. The van der Waals surface area contributed by atoms with Crippen LogP contribution in [0.25, 0.3) is 0 Å². The van der Waals surface area contributed by atoms with Crippen LogP contribution in [0.15, 0.2) is 12.1 Å². The van der Waals surface area contributed by atoms with Crippen LogP contribution >= 0.6 is 0 Å². The fourth-order valence-electron chi connectivity index (χ4n) is 1.27. The SMILES string of the molecule is C[S+](C)[O-].Cc1ccc(C(=O)O)c(C(=O)O)c1C. The molecule has 1 aromatic carbocycles. The van der Waals surface area contributed by atoms with Crippen molar-refractivity contribution in [2.45, 2.75) is 13.8 Å². The summed E-state index contributed by atoms with van der Waals surface area (Å²) in [6.45, 7) is 3.35. The molecule has 0 saturated heterocycles. The van der Waals surface area contributed by atoms with Gasteiger partial charge in [-0.3, -0.25) is 0 Å². The molecule has 0 atom stereocenters. The van der Waals surface area contributed by atoms with Crippen LogP contribution in [0, 0.1) is 13.8 Å². The van der Waals surface area contributed by atoms with Gasteiger partial charge >= 0.3 is 11.9 Å². The van der Waals surface area contributed by atoms with E-state index in [0.29, 0.717) is 5.56 Å². The topological polar surface area (TPSA) is 97.7 Å². The van der Waals surface area contributed by atoms with Crippen LogP contribution < -0.4 is 0 Å². The second kappa shape index (κ2) is 7.03. The summed E-state index contributed by atoms with van der Waals surface area (Å²) in [7, 11) is 0. The third-order valence-corrected chi connectivity index (χ3v) is 2.18. The smallest absolute Gasteiger partial charge is 0.336 e. The van der Waals surface area contributed by atoms with Gasteiger partial charge in [0.25, 0.3) is 0 Å². The lowest BCUT2D eigenvalue weighted by atomic mass is 9.98. The Bertz CT molecular complexity index is 451. The van der Waals surface area contributed by atoms with Gasteiger partial charge in [0.2, 0.25) is 0 Å². The molecule has 100 valence electrons. The maximum Gasteiger partial charge on any atom is 0.336 e. The largest absolute Gasteiger partial charge is 0.617 e. The van der Waals surface area contributed by atoms with Crippen LogP contribution in [0.5, 0.6) is 0 Å². The van der Waals surface area contributed by atoms with E-state index in [4.69, 9.17) is 10.2 Å². The molecular weight excluding hydrogens is 256 g/mol. The molecule has 0 saturated carbocycles. The second-order valence-corrected chi connectivity index (χ2v) is 5.27. The van der Waals surface area contributed by atoms with E-state index in [9.17, 15) is 14.1 Å². The number of hydrogen-bond donors (Lipinski definition) is 2. The molecular formula is C12H16O5S. The zero-order valence-electron chi connectivity index (χ0n) is 10.7. The minimum absolute atomic E-state index is 0.127. The van der Waals surface area contributed by atoms with Gasteiger partial charge in [-0.25, -0.2) is 9.59 Å². The Kier molecular flexibility index (Phi) is 6.43. The Labute approximate surface area is 109 Å². The van der Waals surface area contributed by atoms with E-state index in [1.165, 1.54) is 6.07 Å². The van der Waals surface area contributed by atoms with Crippen LogP contribution in [0.3, 0.4) is 0 Å². The Morgan fingerprint density at radius 2 is 1.56 bits per heavy atom. The van der Waals surface area contributed by atoms with Crippen molar-refractivity contribution in [3.63, 3.8) is 0 Å². The number of carboxylic acid groups (broad SMARTS) is 2. The average Bonchev–Trinajstić information content (AvgIpc) is 2.19. The summed E-state index contributed by atoms with van der Waals surface area (Å²) in [4.78, 5) is 21.6. The maximum atomic E-state index is 10.8. The minimum Gasteiger partial charge on any atom is -0.617 e. The van der Waals surface area contributed by atoms with Gasteiger partial charge in [0.15, 0.2) is 0 Å². The van der Waals surface area contributed by atoms with E-state index >= 15 is 0 Å². The van der Waals surface area contributed by atoms with E-state index in [-0.39, 0.29) is 11.1 Å². The van der Waals surface area contributed by atoms with Gasteiger partial charge in [0.05, 0.1) is 23.6 Å². The molecule has 2 N–H and O–H groups in total. The summed E-state index contributed by atoms with van der Waals surface area (Å²) >= 11 is -0.611. The van der Waals surface area contributed by atoms with E-state index < -0.39 is 23.1 Å². The number of aryl methyl sites for hydroxylation is 1. The summed E-state index contributed by atoms with van der Waals surface area (Å²) in [5.74, 6) is -2.42. The van der Waals surface area contributed by atoms with Gasteiger partial charge in [-0.1, -0.05) is 17.2 Å². The number of rotatable bonds is 2. The van der Waals surface area contributed by atoms with Gasteiger partial charge in [0.1, 0.15) is 0 Å². The highest BCUT2D eigenvalue weighted by atomic mass is 32.2. The molecule has 18 heavy (non-hydrogen) atoms. The average molecular weight is 272 g/mol. The molecule has 5 nitrogen and oxygen atoms in total. The fourth-order valence-corrected chi connectivity index (χ4v) is 1.27. The van der Waals surface area contributed by atoms with Crippen LogP contribution in [0.4, 0.5) is 0 Å². The molecule has 0 spiro atoms. The third kappa shape index (κ3) is 4.77. The number of aromatic carboxylic acids is 2. The van der Waals surface area contributed by atoms with Crippen molar-refractivity contribution >= 4 is 23.1 Å². The molecule has 0 bridgehead atoms. The standard InChI is InChI=1S/C10H10O4.C2H6OS/c1-5-3-4-7(9(11)12)8(6(5)2)10(13)14;1-4(2)3/h3-4H,1-2H3,(H,11,12)(H,13,14);1-2H3. The van der Waals surface area contributed by atoms with Crippen molar-refractivity contribution in [2.24, 2.45) is 0 Å². The Morgan fingerprint density at radius 1 is 1.11 bits per heavy atom. The molecule has 0 aromatic heterocycles. The van der Waals surface area contributed by atoms with Crippen molar-refractivity contribution in [2.75, 3.05) is 12.5 Å². The summed E-state index contributed by atoms with van der Waals surface area (Å²) < 4.78 is 9.56. The lowest BCUT2D eigenvalue weighted by molar-refractivity contribution is 0.0650. The maximum absolute atomic E-state index is 10.8. The van der Waals surface area contributed by atoms with Crippen LogP contribution in [-0.2, 0) is 11.2 Å². The van der Waals surface area contributed by atoms with Gasteiger partial charge in [-0.05, 0) is 31.0 Å². The first-order valence-electron chi connectivity index (χ1n) is 5.00. The van der Waals surface area contributed by atoms with E-state index in [2.05, 4.69) is 0 Å². The first-order chi connectivity index (χ1) is 8.18. The van der Waals surface area contributed by atoms with Crippen molar-refractivity contribution in [1.82, 2.24) is 0 Å². The van der Waals surface area contributed by atoms with E-state index in [1.54, 1.807) is 32.4 Å². The molecule has 1 aromatic rings. The van der Waals surface area contributed by atoms with Gasteiger partial charge < -0.3 is 14.8 Å². The first-order valence-corrected chi connectivity index (χ1v) is 6.97. The summed E-state index contributed by atoms with van der Waals surface area (Å²) in [5, 5.41) is 17.6. The number of carbonyl (C=O) groups is 2. The first kappa shape index (κ1) is 16.5. The predicted octanol–water partition coefficient (Wildman–Crippen LogP) is 1.69. The Hall–Kier alpha value is -1.53. The molecule has 0 aliphatic heterocycles. The Balaban J connectivity index is 0.000000631. The lowest BCUT2D eigenvalue weighted by Crippen LogP contribution is -2.10. The Morgan fingerprint density at radius 3 is 1.89 bits per heavy atom. The zero-order chi connectivity index (χ0) is 14.5. The molecule has 0 heterocycles. The third-order valence-electron chi connectivity index (χ3n) is 2.18. The van der Waals surface area contributed by atoms with Gasteiger partial charge in [-0.15, -0.1) is 0 Å². The minimum atomic E-state index is -1.22. The van der Waals surface area contributed by atoms with Gasteiger partial charge in [0, 0.05) is 0 Å². The van der Waals surface area contributed by atoms with E-state index in [0.717, 1.165) is 5.56 Å². The molecule has 0 amide bonds. The van der Waals surface area contributed by atoms with Crippen molar-refractivity contribution in [1.29, 1.82) is 0 Å². The van der Waals surface area contributed by atoms with E-state index in [1.807, 2.05) is 0 Å². The van der Waals surface area contributed by atoms with Crippen molar-refractivity contribution in [3.8, 4) is 0 Å². The molecule has 0 aliphatic rings. The monoisotopic (exact) mass is 272 g/mol. The van der Waals surface area contributed by atoms with Crippen LogP contribution in [0.1, 0.15) is 31.8 Å². The highest BCUT2D eigenvalue weighted by molar-refractivity contribution is 7.89. The molecule has 0 radical (unpaired) electrons. The van der Waals surface area contributed by atoms with Crippen LogP contribution in [0.2, 0.25) is 0 Å². The van der Waals surface area contributed by atoms with Crippen molar-refractivity contribution < 1.29 is 24.4 Å². The zero-order valence-corrected chi connectivity index (χ0v) is 11.5. The molecule has 6 heteroatoms. The summed E-state index contributed by atoms with van der Waals surface area (Å²) in [6, 6.07) is 2.92. The lowest BCUT2D eigenvalue weighted by Gasteiger charge is -2.07. The molecule has 0 aliphatic carbocycles. The quantitative estimate of drug-likeness (QED) is 0.798.